The lowest BCUT2D eigenvalue weighted by molar-refractivity contribution is -0.118. The first-order chi connectivity index (χ1) is 9.22. The predicted octanol–water partition coefficient (Wildman–Crippen LogP) is 2.29. The third-order valence-electron chi connectivity index (χ3n) is 3.00. The first-order valence-electron chi connectivity index (χ1n) is 6.52. The Labute approximate surface area is 113 Å². The van der Waals surface area contributed by atoms with Crippen molar-refractivity contribution in [3.8, 4) is 0 Å². The monoisotopic (exact) mass is 257 g/mol. The van der Waals surface area contributed by atoms with Crippen LogP contribution in [0.1, 0.15) is 19.2 Å². The summed E-state index contributed by atoms with van der Waals surface area (Å²) in [5.41, 5.74) is 2.15. The zero-order chi connectivity index (χ0) is 13.7. The average molecular weight is 257 g/mol. The van der Waals surface area contributed by atoms with Gasteiger partial charge in [0.15, 0.2) is 0 Å². The van der Waals surface area contributed by atoms with Crippen LogP contribution in [0.15, 0.2) is 36.9 Å². The van der Waals surface area contributed by atoms with Crippen LogP contribution in [0.2, 0.25) is 0 Å². The molecule has 0 saturated carbocycles. The quantitative estimate of drug-likeness (QED) is 0.637. The number of hydrogen-bond donors (Lipinski definition) is 1. The van der Waals surface area contributed by atoms with Gasteiger partial charge in [0.25, 0.3) is 0 Å². The zero-order valence-electron chi connectivity index (χ0n) is 11.2. The molecule has 4 heteroatoms. The molecule has 4 nitrogen and oxygen atoms in total. The highest BCUT2D eigenvalue weighted by atomic mass is 16.1. The summed E-state index contributed by atoms with van der Waals surface area (Å²) in [6, 6.07) is 8.11. The molecular formula is C15H19N3O. The summed E-state index contributed by atoms with van der Waals surface area (Å²) in [5, 5.41) is 2.80. The first-order valence-corrected chi connectivity index (χ1v) is 6.52. The Morgan fingerprint density at radius 2 is 2.26 bits per heavy atom. The highest BCUT2D eigenvalue weighted by Crippen LogP contribution is 2.17. The van der Waals surface area contributed by atoms with Crippen molar-refractivity contribution >= 4 is 16.9 Å². The molecule has 0 unspecified atom stereocenters. The molecule has 0 bridgehead atoms. The molecule has 0 fully saturated rings. The SMILES string of the molecule is C=CCn1c(CCCNC(C)=O)nc2ccccc21. The lowest BCUT2D eigenvalue weighted by Crippen LogP contribution is -2.21. The largest absolute Gasteiger partial charge is 0.356 e. The fourth-order valence-electron chi connectivity index (χ4n) is 2.16. The van der Waals surface area contributed by atoms with Crippen molar-refractivity contribution in [2.75, 3.05) is 6.54 Å². The van der Waals surface area contributed by atoms with Gasteiger partial charge in [0.2, 0.25) is 5.91 Å². The number of aryl methyl sites for hydroxylation is 1. The van der Waals surface area contributed by atoms with Crippen molar-refractivity contribution in [2.24, 2.45) is 0 Å². The average Bonchev–Trinajstić information content (AvgIpc) is 2.74. The van der Waals surface area contributed by atoms with Crippen molar-refractivity contribution in [3.05, 3.63) is 42.7 Å². The molecule has 0 saturated heterocycles. The second-order valence-electron chi connectivity index (χ2n) is 4.50. The van der Waals surface area contributed by atoms with Gasteiger partial charge >= 0.3 is 0 Å². The second-order valence-corrected chi connectivity index (χ2v) is 4.50. The minimum atomic E-state index is 0.0135. The number of fused-ring (bicyclic) bond motifs is 1. The van der Waals surface area contributed by atoms with E-state index < -0.39 is 0 Å². The normalized spacial score (nSPS) is 10.6. The third kappa shape index (κ3) is 3.22. The summed E-state index contributed by atoms with van der Waals surface area (Å²) in [6.45, 7) is 6.78. The smallest absolute Gasteiger partial charge is 0.216 e. The number of nitrogens with one attached hydrogen (secondary N) is 1. The number of nitrogens with zero attached hydrogens (tertiary/aromatic N) is 2. The molecule has 2 aromatic rings. The van der Waals surface area contributed by atoms with Gasteiger partial charge in [-0.1, -0.05) is 18.2 Å². The van der Waals surface area contributed by atoms with E-state index in [-0.39, 0.29) is 5.91 Å². The van der Waals surface area contributed by atoms with Crippen LogP contribution in [-0.4, -0.2) is 22.0 Å². The van der Waals surface area contributed by atoms with Gasteiger partial charge in [0.05, 0.1) is 11.0 Å². The van der Waals surface area contributed by atoms with Crippen molar-refractivity contribution in [2.45, 2.75) is 26.3 Å². The number of carbonyl (C=O) groups excluding carboxylic acids is 1. The Bertz CT molecular complexity index is 586. The lowest BCUT2D eigenvalue weighted by Gasteiger charge is -2.06. The van der Waals surface area contributed by atoms with Gasteiger partial charge in [-0.15, -0.1) is 6.58 Å². The van der Waals surface area contributed by atoms with E-state index >= 15 is 0 Å². The molecule has 1 N–H and O–H groups in total. The van der Waals surface area contributed by atoms with Crippen molar-refractivity contribution in [3.63, 3.8) is 0 Å². The topological polar surface area (TPSA) is 46.9 Å². The van der Waals surface area contributed by atoms with Crippen LogP contribution in [0.4, 0.5) is 0 Å². The predicted molar refractivity (Wildman–Crippen MR) is 76.9 cm³/mol. The third-order valence-corrected chi connectivity index (χ3v) is 3.00. The lowest BCUT2D eigenvalue weighted by atomic mass is 10.3. The number of para-hydroxylation sites is 2. The maximum Gasteiger partial charge on any atom is 0.216 e. The van der Waals surface area contributed by atoms with Crippen molar-refractivity contribution in [1.82, 2.24) is 14.9 Å². The molecule has 19 heavy (non-hydrogen) atoms. The van der Waals surface area contributed by atoms with Crippen molar-refractivity contribution < 1.29 is 4.79 Å². The van der Waals surface area contributed by atoms with Gasteiger partial charge in [0.1, 0.15) is 5.82 Å². The number of amides is 1. The van der Waals surface area contributed by atoms with E-state index in [1.54, 1.807) is 0 Å². The molecule has 1 amide bonds. The van der Waals surface area contributed by atoms with Crippen LogP contribution in [0.3, 0.4) is 0 Å². The van der Waals surface area contributed by atoms with Crippen LogP contribution in [0.5, 0.6) is 0 Å². The first kappa shape index (κ1) is 13.3. The fraction of sp³-hybridized carbons (Fsp3) is 0.333. The van der Waals surface area contributed by atoms with E-state index in [1.807, 2.05) is 24.3 Å². The van der Waals surface area contributed by atoms with Crippen LogP contribution in [0.25, 0.3) is 11.0 Å². The Hall–Kier alpha value is -2.10. The van der Waals surface area contributed by atoms with E-state index in [4.69, 9.17) is 0 Å². The molecule has 0 aliphatic rings. The molecule has 0 atom stereocenters. The molecule has 0 spiro atoms. The minimum absolute atomic E-state index is 0.0135. The van der Waals surface area contributed by atoms with Crippen LogP contribution >= 0.6 is 0 Å². The van der Waals surface area contributed by atoms with E-state index in [0.29, 0.717) is 6.54 Å². The molecule has 0 aliphatic carbocycles. The minimum Gasteiger partial charge on any atom is -0.356 e. The molecule has 100 valence electrons. The van der Waals surface area contributed by atoms with E-state index in [1.165, 1.54) is 6.92 Å². The number of hydrogen-bond acceptors (Lipinski definition) is 2. The highest BCUT2D eigenvalue weighted by molar-refractivity contribution is 5.76. The standard InChI is InChI=1S/C15H19N3O/c1-3-11-18-14-8-5-4-7-13(14)17-15(18)9-6-10-16-12(2)19/h3-5,7-8H,1,6,9-11H2,2H3,(H,16,19). The number of carbonyl (C=O) groups is 1. The summed E-state index contributed by atoms with van der Waals surface area (Å²) < 4.78 is 2.18. The molecule has 2 rings (SSSR count). The molecule has 1 aromatic heterocycles. The van der Waals surface area contributed by atoms with Gasteiger partial charge in [-0.2, -0.15) is 0 Å². The van der Waals surface area contributed by atoms with Crippen LogP contribution < -0.4 is 5.32 Å². The fourth-order valence-corrected chi connectivity index (χ4v) is 2.16. The summed E-state index contributed by atoms with van der Waals surface area (Å²) in [7, 11) is 0. The van der Waals surface area contributed by atoms with Crippen LogP contribution in [-0.2, 0) is 17.8 Å². The molecule has 0 radical (unpaired) electrons. The zero-order valence-corrected chi connectivity index (χ0v) is 11.2. The molecular weight excluding hydrogens is 238 g/mol. The number of allylic oxidation sites excluding steroid dienone is 1. The maximum absolute atomic E-state index is 10.8. The van der Waals surface area contributed by atoms with E-state index in [2.05, 4.69) is 27.5 Å². The molecule has 1 heterocycles. The Balaban J connectivity index is 2.14. The van der Waals surface area contributed by atoms with Gasteiger partial charge in [-0.05, 0) is 18.6 Å². The Kier molecular flexibility index (Phi) is 4.34. The summed E-state index contributed by atoms with van der Waals surface area (Å²) >= 11 is 0. The number of imidazole rings is 1. The number of aromatic nitrogens is 2. The Morgan fingerprint density at radius 3 is 3.00 bits per heavy atom. The molecule has 1 aromatic carbocycles. The summed E-state index contributed by atoms with van der Waals surface area (Å²) in [6.07, 6.45) is 3.62. The van der Waals surface area contributed by atoms with Gasteiger partial charge in [-0.25, -0.2) is 4.98 Å². The van der Waals surface area contributed by atoms with E-state index in [9.17, 15) is 4.79 Å². The van der Waals surface area contributed by atoms with Gasteiger partial charge in [0, 0.05) is 26.4 Å². The summed E-state index contributed by atoms with van der Waals surface area (Å²) in [5.74, 6) is 1.06. The maximum atomic E-state index is 10.8. The second kappa shape index (κ2) is 6.18. The Morgan fingerprint density at radius 1 is 1.47 bits per heavy atom. The number of rotatable bonds is 6. The highest BCUT2D eigenvalue weighted by Gasteiger charge is 2.08. The van der Waals surface area contributed by atoms with Gasteiger partial charge in [-0.3, -0.25) is 4.79 Å². The van der Waals surface area contributed by atoms with Crippen molar-refractivity contribution in [1.29, 1.82) is 0 Å². The molecule has 0 aliphatic heterocycles. The number of benzene rings is 1. The van der Waals surface area contributed by atoms with Crippen LogP contribution in [0, 0.1) is 0 Å². The van der Waals surface area contributed by atoms with E-state index in [0.717, 1.165) is 36.2 Å². The van der Waals surface area contributed by atoms with Gasteiger partial charge < -0.3 is 9.88 Å². The summed E-state index contributed by atoms with van der Waals surface area (Å²) in [4.78, 5) is 15.5.